The molecule has 0 radical (unpaired) electrons. The number of methoxy groups -OCH3 is 1. The minimum absolute atomic E-state index is 0.393. The average Bonchev–Trinajstić information content (AvgIpc) is 2.37. The first-order valence-corrected chi connectivity index (χ1v) is 5.79. The molecule has 94 valence electrons. The first kappa shape index (κ1) is 12.4. The summed E-state index contributed by atoms with van der Waals surface area (Å²) in [7, 11) is 1.35. The number of carbonyl (C=O) groups is 1. The minimum Gasteiger partial charge on any atom is -0.476 e. The van der Waals surface area contributed by atoms with Gasteiger partial charge in [0.05, 0.1) is 7.11 Å². The lowest BCUT2D eigenvalue weighted by Gasteiger charge is -2.23. The lowest BCUT2D eigenvalue weighted by molar-refractivity contribution is -0.156. The van der Waals surface area contributed by atoms with Crippen LogP contribution in [0.4, 0.5) is 0 Å². The topological polar surface area (TPSA) is 35.5 Å². The van der Waals surface area contributed by atoms with Gasteiger partial charge in [0.2, 0.25) is 0 Å². The summed E-state index contributed by atoms with van der Waals surface area (Å²) in [6.07, 6.45) is 0. The zero-order valence-electron chi connectivity index (χ0n) is 10.8. The summed E-state index contributed by atoms with van der Waals surface area (Å²) in [6, 6.07) is 13.7. The number of benzene rings is 2. The molecule has 0 fully saturated rings. The van der Waals surface area contributed by atoms with Crippen LogP contribution in [0.25, 0.3) is 10.8 Å². The Morgan fingerprint density at radius 2 is 1.72 bits per heavy atom. The third kappa shape index (κ3) is 2.45. The third-order valence-electron chi connectivity index (χ3n) is 2.77. The monoisotopic (exact) mass is 244 g/mol. The van der Waals surface area contributed by atoms with Gasteiger partial charge in [-0.05, 0) is 36.8 Å². The summed E-state index contributed by atoms with van der Waals surface area (Å²) >= 11 is 0. The number of carbonyl (C=O) groups excluding carboxylic acids is 1. The Labute approximate surface area is 106 Å². The van der Waals surface area contributed by atoms with E-state index in [-0.39, 0.29) is 0 Å². The highest BCUT2D eigenvalue weighted by molar-refractivity contribution is 5.84. The highest BCUT2D eigenvalue weighted by atomic mass is 16.6. The quantitative estimate of drug-likeness (QED) is 0.778. The highest BCUT2D eigenvalue weighted by Gasteiger charge is 2.30. The van der Waals surface area contributed by atoms with Gasteiger partial charge in [0.1, 0.15) is 5.75 Å². The van der Waals surface area contributed by atoms with Crippen LogP contribution in [0.1, 0.15) is 13.8 Å². The van der Waals surface area contributed by atoms with E-state index in [1.807, 2.05) is 42.5 Å². The van der Waals surface area contributed by atoms with Crippen LogP contribution in [-0.4, -0.2) is 18.7 Å². The number of fused-ring (bicyclic) bond motifs is 1. The van der Waals surface area contributed by atoms with Gasteiger partial charge >= 0.3 is 5.97 Å². The van der Waals surface area contributed by atoms with Crippen LogP contribution in [0, 0.1) is 0 Å². The SMILES string of the molecule is COC(=O)C(C)(C)Oc1ccc2ccccc2c1. The second-order valence-corrected chi connectivity index (χ2v) is 4.61. The summed E-state index contributed by atoms with van der Waals surface area (Å²) in [5.41, 5.74) is -0.989. The van der Waals surface area contributed by atoms with Crippen LogP contribution in [-0.2, 0) is 9.53 Å². The van der Waals surface area contributed by atoms with Crippen molar-refractivity contribution in [2.45, 2.75) is 19.4 Å². The predicted octanol–water partition coefficient (Wildman–Crippen LogP) is 3.17. The second kappa shape index (κ2) is 4.69. The van der Waals surface area contributed by atoms with Crippen LogP contribution in [0.15, 0.2) is 42.5 Å². The maximum Gasteiger partial charge on any atom is 0.349 e. The molecule has 2 aromatic rings. The molecule has 3 nitrogen and oxygen atoms in total. The van der Waals surface area contributed by atoms with Crippen molar-refractivity contribution < 1.29 is 14.3 Å². The summed E-state index contributed by atoms with van der Waals surface area (Å²) in [4.78, 5) is 11.6. The van der Waals surface area contributed by atoms with Gasteiger partial charge in [-0.15, -0.1) is 0 Å². The molecule has 0 spiro atoms. The van der Waals surface area contributed by atoms with Gasteiger partial charge < -0.3 is 9.47 Å². The largest absolute Gasteiger partial charge is 0.476 e. The van der Waals surface area contributed by atoms with Crippen LogP contribution in [0.3, 0.4) is 0 Å². The second-order valence-electron chi connectivity index (χ2n) is 4.61. The van der Waals surface area contributed by atoms with Gasteiger partial charge in [0.15, 0.2) is 5.60 Å². The molecule has 0 aliphatic rings. The molecular formula is C15H16O3. The van der Waals surface area contributed by atoms with Crippen molar-refractivity contribution in [3.8, 4) is 5.75 Å². The maximum atomic E-state index is 11.6. The Balaban J connectivity index is 2.29. The standard InChI is InChI=1S/C15H16O3/c1-15(2,14(16)17-3)18-13-9-8-11-6-4-5-7-12(11)10-13/h4-10H,1-3H3. The van der Waals surface area contributed by atoms with Gasteiger partial charge in [0.25, 0.3) is 0 Å². The smallest absolute Gasteiger partial charge is 0.349 e. The van der Waals surface area contributed by atoms with Crippen LogP contribution in [0.2, 0.25) is 0 Å². The van der Waals surface area contributed by atoms with E-state index in [1.165, 1.54) is 7.11 Å². The molecule has 3 heteroatoms. The van der Waals surface area contributed by atoms with Crippen LogP contribution < -0.4 is 4.74 Å². The van der Waals surface area contributed by atoms with E-state index >= 15 is 0 Å². The van der Waals surface area contributed by atoms with Crippen molar-refractivity contribution in [2.24, 2.45) is 0 Å². The molecule has 2 aromatic carbocycles. The first-order chi connectivity index (χ1) is 8.53. The number of hydrogen-bond acceptors (Lipinski definition) is 3. The van der Waals surface area contributed by atoms with Gasteiger partial charge in [0, 0.05) is 0 Å². The molecule has 0 aromatic heterocycles. The van der Waals surface area contributed by atoms with Crippen molar-refractivity contribution in [1.29, 1.82) is 0 Å². The molecule has 0 bridgehead atoms. The van der Waals surface area contributed by atoms with Gasteiger partial charge in [-0.3, -0.25) is 0 Å². The van der Waals surface area contributed by atoms with Crippen molar-refractivity contribution in [2.75, 3.05) is 7.11 Å². The van der Waals surface area contributed by atoms with E-state index in [4.69, 9.17) is 9.47 Å². The van der Waals surface area contributed by atoms with E-state index < -0.39 is 11.6 Å². The van der Waals surface area contributed by atoms with E-state index in [2.05, 4.69) is 0 Å². The molecule has 0 heterocycles. The molecule has 0 unspecified atom stereocenters. The molecule has 2 rings (SSSR count). The van der Waals surface area contributed by atoms with Crippen molar-refractivity contribution >= 4 is 16.7 Å². The maximum absolute atomic E-state index is 11.6. The van der Waals surface area contributed by atoms with E-state index in [9.17, 15) is 4.79 Å². The predicted molar refractivity (Wildman–Crippen MR) is 70.7 cm³/mol. The Morgan fingerprint density at radius 3 is 2.39 bits per heavy atom. The van der Waals surface area contributed by atoms with Gasteiger partial charge in [-0.2, -0.15) is 0 Å². The summed E-state index contributed by atoms with van der Waals surface area (Å²) in [5.74, 6) is 0.264. The Kier molecular flexibility index (Phi) is 3.24. The first-order valence-electron chi connectivity index (χ1n) is 5.79. The summed E-state index contributed by atoms with van der Waals surface area (Å²) in [6.45, 7) is 3.38. The van der Waals surface area contributed by atoms with E-state index in [1.54, 1.807) is 13.8 Å². The molecule has 0 saturated carbocycles. The number of hydrogen-bond donors (Lipinski definition) is 0. The molecule has 0 aliphatic carbocycles. The average molecular weight is 244 g/mol. The van der Waals surface area contributed by atoms with Gasteiger partial charge in [-0.25, -0.2) is 4.79 Å². The molecule has 18 heavy (non-hydrogen) atoms. The molecule has 0 aliphatic heterocycles. The number of esters is 1. The fourth-order valence-electron chi connectivity index (χ4n) is 1.81. The van der Waals surface area contributed by atoms with E-state index in [0.29, 0.717) is 5.75 Å². The fraction of sp³-hybridized carbons (Fsp3) is 0.267. The van der Waals surface area contributed by atoms with Crippen molar-refractivity contribution in [3.05, 3.63) is 42.5 Å². The normalized spacial score (nSPS) is 11.3. The molecule has 0 atom stereocenters. The Bertz CT molecular complexity index is 573. The summed E-state index contributed by atoms with van der Waals surface area (Å²) < 4.78 is 10.4. The fourth-order valence-corrected chi connectivity index (χ4v) is 1.81. The number of rotatable bonds is 3. The van der Waals surface area contributed by atoms with Gasteiger partial charge in [-0.1, -0.05) is 30.3 Å². The van der Waals surface area contributed by atoms with Crippen LogP contribution in [0.5, 0.6) is 5.75 Å². The summed E-state index contributed by atoms with van der Waals surface area (Å²) in [5, 5.41) is 2.22. The van der Waals surface area contributed by atoms with Crippen LogP contribution >= 0.6 is 0 Å². The van der Waals surface area contributed by atoms with Crippen molar-refractivity contribution in [3.63, 3.8) is 0 Å². The van der Waals surface area contributed by atoms with E-state index in [0.717, 1.165) is 10.8 Å². The minimum atomic E-state index is -0.989. The van der Waals surface area contributed by atoms with Crippen molar-refractivity contribution in [1.82, 2.24) is 0 Å². The Morgan fingerprint density at radius 1 is 1.06 bits per heavy atom. The lowest BCUT2D eigenvalue weighted by atomic mass is 10.1. The number of ether oxygens (including phenoxy) is 2. The molecule has 0 N–H and O–H groups in total. The third-order valence-corrected chi connectivity index (χ3v) is 2.77. The zero-order chi connectivity index (χ0) is 13.2. The zero-order valence-corrected chi connectivity index (χ0v) is 10.8. The molecular weight excluding hydrogens is 228 g/mol. The lowest BCUT2D eigenvalue weighted by Crippen LogP contribution is -2.39. The Hall–Kier alpha value is -2.03. The molecule has 0 amide bonds. The molecule has 0 saturated heterocycles. The highest BCUT2D eigenvalue weighted by Crippen LogP contribution is 2.24.